The summed E-state index contributed by atoms with van der Waals surface area (Å²) in [6.45, 7) is 7.55. The first-order valence-electron chi connectivity index (χ1n) is 11.1. The zero-order chi connectivity index (χ0) is 23.4. The van der Waals surface area contributed by atoms with E-state index in [1.807, 2.05) is 11.8 Å². The van der Waals surface area contributed by atoms with Crippen molar-refractivity contribution >= 4 is 28.2 Å². The van der Waals surface area contributed by atoms with E-state index in [-0.39, 0.29) is 11.9 Å². The number of hydrogen-bond donors (Lipinski definition) is 1. The van der Waals surface area contributed by atoms with Gasteiger partial charge in [-0.3, -0.25) is 9.69 Å². The fraction of sp³-hybridized carbons (Fsp3) is 0.619. The summed E-state index contributed by atoms with van der Waals surface area (Å²) in [5.74, 6) is 0.582. The standard InChI is InChI=1S/C21H28F3N7OS/c1-15-27-28-20(33-15)31-12-10-29(11-13-31)7-6-19(32)30-8-4-17(5-9-30)26-18-3-2-16(14-25-18)21(22,23)24/h2-3,14,17H,4-13H2,1H3,(H,25,26). The quantitative estimate of drug-likeness (QED) is 0.677. The molecule has 180 valence electrons. The van der Waals surface area contributed by atoms with Crippen LogP contribution in [0.4, 0.5) is 24.1 Å². The molecule has 0 unspecified atom stereocenters. The molecule has 1 amide bonds. The second-order valence-electron chi connectivity index (χ2n) is 8.41. The number of likely N-dealkylation sites (tertiary alicyclic amines) is 1. The van der Waals surface area contributed by atoms with E-state index in [1.54, 1.807) is 11.3 Å². The van der Waals surface area contributed by atoms with Crippen LogP contribution < -0.4 is 10.2 Å². The summed E-state index contributed by atoms with van der Waals surface area (Å²) in [4.78, 5) is 23.0. The highest BCUT2D eigenvalue weighted by molar-refractivity contribution is 7.15. The van der Waals surface area contributed by atoms with E-state index in [0.29, 0.717) is 25.3 Å². The van der Waals surface area contributed by atoms with Crippen molar-refractivity contribution in [3.8, 4) is 0 Å². The molecule has 2 aromatic rings. The molecule has 2 fully saturated rings. The summed E-state index contributed by atoms with van der Waals surface area (Å²) in [6.07, 6.45) is -1.56. The monoisotopic (exact) mass is 483 g/mol. The molecule has 0 radical (unpaired) electrons. The molecule has 2 aliphatic rings. The first-order valence-corrected chi connectivity index (χ1v) is 11.9. The lowest BCUT2D eigenvalue weighted by atomic mass is 10.0. The van der Waals surface area contributed by atoms with E-state index < -0.39 is 11.7 Å². The Morgan fingerprint density at radius 2 is 1.85 bits per heavy atom. The van der Waals surface area contributed by atoms with Gasteiger partial charge >= 0.3 is 6.18 Å². The number of anilines is 2. The first kappa shape index (κ1) is 23.7. The van der Waals surface area contributed by atoms with Gasteiger partial charge in [0.25, 0.3) is 0 Å². The number of pyridine rings is 1. The van der Waals surface area contributed by atoms with Crippen LogP contribution in [0.2, 0.25) is 0 Å². The number of halogens is 3. The van der Waals surface area contributed by atoms with Gasteiger partial charge in [-0.15, -0.1) is 10.2 Å². The summed E-state index contributed by atoms with van der Waals surface area (Å²) >= 11 is 1.60. The van der Waals surface area contributed by atoms with Crippen LogP contribution in [0.1, 0.15) is 29.8 Å². The van der Waals surface area contributed by atoms with Gasteiger partial charge in [-0.05, 0) is 31.9 Å². The van der Waals surface area contributed by atoms with Crippen LogP contribution >= 0.6 is 11.3 Å². The van der Waals surface area contributed by atoms with Crippen molar-refractivity contribution in [3.63, 3.8) is 0 Å². The Kier molecular flexibility index (Phi) is 7.32. The second kappa shape index (κ2) is 10.2. The fourth-order valence-electron chi connectivity index (χ4n) is 4.12. The van der Waals surface area contributed by atoms with Crippen molar-refractivity contribution < 1.29 is 18.0 Å². The number of carbonyl (C=O) groups excluding carboxylic acids is 1. The number of aromatic nitrogens is 3. The second-order valence-corrected chi connectivity index (χ2v) is 9.57. The van der Waals surface area contributed by atoms with Crippen LogP contribution in [0, 0.1) is 6.92 Å². The van der Waals surface area contributed by atoms with Crippen molar-refractivity contribution in [2.75, 3.05) is 56.0 Å². The average Bonchev–Trinajstić information content (AvgIpc) is 3.24. The van der Waals surface area contributed by atoms with Crippen molar-refractivity contribution in [3.05, 3.63) is 28.9 Å². The largest absolute Gasteiger partial charge is 0.417 e. The Morgan fingerprint density at radius 1 is 1.12 bits per heavy atom. The van der Waals surface area contributed by atoms with Crippen LogP contribution in [0.25, 0.3) is 0 Å². The molecule has 12 heteroatoms. The number of carbonyl (C=O) groups is 1. The smallest absolute Gasteiger partial charge is 0.367 e. The number of amides is 1. The number of rotatable bonds is 6. The molecular formula is C21H28F3N7OS. The average molecular weight is 484 g/mol. The number of aryl methyl sites for hydroxylation is 1. The molecule has 2 aromatic heterocycles. The summed E-state index contributed by atoms with van der Waals surface area (Å²) < 4.78 is 38.0. The van der Waals surface area contributed by atoms with Crippen LogP contribution in [0.5, 0.6) is 0 Å². The molecule has 2 aliphatic heterocycles. The Bertz CT molecular complexity index is 921. The van der Waals surface area contributed by atoms with Gasteiger partial charge in [-0.2, -0.15) is 13.2 Å². The van der Waals surface area contributed by atoms with Crippen molar-refractivity contribution in [2.24, 2.45) is 0 Å². The summed E-state index contributed by atoms with van der Waals surface area (Å²) in [5, 5.41) is 13.4. The highest BCUT2D eigenvalue weighted by atomic mass is 32.1. The van der Waals surface area contributed by atoms with Gasteiger partial charge in [0, 0.05) is 64.5 Å². The minimum Gasteiger partial charge on any atom is -0.367 e. The summed E-state index contributed by atoms with van der Waals surface area (Å²) in [5.41, 5.74) is -0.759. The lowest BCUT2D eigenvalue weighted by Gasteiger charge is -2.35. The maximum atomic E-state index is 12.7. The molecule has 1 N–H and O–H groups in total. The maximum absolute atomic E-state index is 12.7. The molecule has 33 heavy (non-hydrogen) atoms. The number of piperazine rings is 1. The van der Waals surface area contributed by atoms with Crippen LogP contribution in [0.3, 0.4) is 0 Å². The number of nitrogens with zero attached hydrogens (tertiary/aromatic N) is 6. The highest BCUT2D eigenvalue weighted by Crippen LogP contribution is 2.29. The molecule has 0 aromatic carbocycles. The Morgan fingerprint density at radius 3 is 2.42 bits per heavy atom. The van der Waals surface area contributed by atoms with Crippen LogP contribution in [0.15, 0.2) is 18.3 Å². The van der Waals surface area contributed by atoms with E-state index in [2.05, 4.69) is 30.3 Å². The van der Waals surface area contributed by atoms with Crippen LogP contribution in [-0.2, 0) is 11.0 Å². The van der Waals surface area contributed by atoms with Crippen LogP contribution in [-0.4, -0.2) is 82.7 Å². The van der Waals surface area contributed by atoms with Gasteiger partial charge in [0.1, 0.15) is 10.8 Å². The van der Waals surface area contributed by atoms with Gasteiger partial charge in [-0.1, -0.05) is 11.3 Å². The topological polar surface area (TPSA) is 77.5 Å². The molecule has 0 saturated carbocycles. The lowest BCUT2D eigenvalue weighted by molar-refractivity contribution is -0.137. The molecule has 0 atom stereocenters. The molecule has 8 nitrogen and oxygen atoms in total. The Balaban J connectivity index is 1.15. The fourth-order valence-corrected chi connectivity index (χ4v) is 4.86. The van der Waals surface area contributed by atoms with Crippen molar-refractivity contribution in [1.29, 1.82) is 0 Å². The SMILES string of the molecule is Cc1nnc(N2CCN(CCC(=O)N3CCC(Nc4ccc(C(F)(F)F)cn4)CC3)CC2)s1. The third kappa shape index (κ3) is 6.32. The zero-order valence-corrected chi connectivity index (χ0v) is 19.3. The molecular weight excluding hydrogens is 455 g/mol. The van der Waals surface area contributed by atoms with Gasteiger partial charge in [0.05, 0.1) is 5.56 Å². The van der Waals surface area contributed by atoms with Gasteiger partial charge in [-0.25, -0.2) is 4.98 Å². The highest BCUT2D eigenvalue weighted by Gasteiger charge is 2.31. The first-order chi connectivity index (χ1) is 15.8. The molecule has 2 saturated heterocycles. The maximum Gasteiger partial charge on any atom is 0.417 e. The van der Waals surface area contributed by atoms with Gasteiger partial charge in [0.2, 0.25) is 11.0 Å². The number of alkyl halides is 3. The molecule has 0 aliphatic carbocycles. The van der Waals surface area contributed by atoms with Crippen molar-refractivity contribution in [2.45, 2.75) is 38.4 Å². The van der Waals surface area contributed by atoms with E-state index in [9.17, 15) is 18.0 Å². The summed E-state index contributed by atoms with van der Waals surface area (Å²) in [6, 6.07) is 2.48. The van der Waals surface area contributed by atoms with E-state index in [4.69, 9.17) is 0 Å². The lowest BCUT2D eigenvalue weighted by Crippen LogP contribution is -2.48. The van der Waals surface area contributed by atoms with E-state index in [0.717, 1.165) is 68.0 Å². The number of piperidine rings is 1. The Hall–Kier alpha value is -2.47. The third-order valence-electron chi connectivity index (χ3n) is 6.09. The summed E-state index contributed by atoms with van der Waals surface area (Å²) in [7, 11) is 0. The minimum atomic E-state index is -4.39. The molecule has 4 heterocycles. The normalized spacial score (nSPS) is 18.5. The number of hydrogen-bond acceptors (Lipinski definition) is 8. The molecule has 0 spiro atoms. The number of nitrogens with one attached hydrogen (secondary N) is 1. The zero-order valence-electron chi connectivity index (χ0n) is 18.5. The minimum absolute atomic E-state index is 0.0929. The predicted molar refractivity (Wildman–Crippen MR) is 120 cm³/mol. The molecule has 4 rings (SSSR count). The van der Waals surface area contributed by atoms with E-state index >= 15 is 0 Å². The van der Waals surface area contributed by atoms with E-state index in [1.165, 1.54) is 6.07 Å². The third-order valence-corrected chi connectivity index (χ3v) is 6.99. The van der Waals surface area contributed by atoms with Gasteiger partial charge in [0.15, 0.2) is 0 Å². The predicted octanol–water partition coefficient (Wildman–Crippen LogP) is 2.88. The van der Waals surface area contributed by atoms with Gasteiger partial charge < -0.3 is 15.1 Å². The Labute approximate surface area is 194 Å². The van der Waals surface area contributed by atoms with Crippen molar-refractivity contribution in [1.82, 2.24) is 25.0 Å². The molecule has 0 bridgehead atoms.